The fourth-order valence-electron chi connectivity index (χ4n) is 2.51. The van der Waals surface area contributed by atoms with Crippen molar-refractivity contribution in [2.45, 2.75) is 58.5 Å². The first-order valence-electron chi connectivity index (χ1n) is 8.03. The van der Waals surface area contributed by atoms with Gasteiger partial charge in [-0.25, -0.2) is 0 Å². The summed E-state index contributed by atoms with van der Waals surface area (Å²) in [4.78, 5) is 14.2. The van der Waals surface area contributed by atoms with E-state index < -0.39 is 0 Å². The van der Waals surface area contributed by atoms with Gasteiger partial charge in [0, 0.05) is 24.7 Å². The van der Waals surface area contributed by atoms with E-state index in [2.05, 4.69) is 13.8 Å². The molecule has 0 spiro atoms. The number of amides is 1. The van der Waals surface area contributed by atoms with Crippen LogP contribution >= 0.6 is 0 Å². The third-order valence-corrected chi connectivity index (χ3v) is 3.76. The van der Waals surface area contributed by atoms with E-state index >= 15 is 0 Å². The molecule has 1 aromatic heterocycles. The fourth-order valence-corrected chi connectivity index (χ4v) is 2.51. The minimum Gasteiger partial charge on any atom is -0.395 e. The highest BCUT2D eigenvalue weighted by Gasteiger charge is 2.22. The molecule has 0 radical (unpaired) electrons. The SMILES string of the molecule is CCCCCCC(C)N(CCO)C(=O)C[n+]1ccccc1. The second-order valence-electron chi connectivity index (χ2n) is 5.56. The third-order valence-electron chi connectivity index (χ3n) is 3.76. The zero-order valence-corrected chi connectivity index (χ0v) is 13.4. The number of aromatic nitrogens is 1. The lowest BCUT2D eigenvalue weighted by molar-refractivity contribution is -0.685. The fraction of sp³-hybridized carbons (Fsp3) is 0.647. The number of rotatable bonds is 10. The zero-order chi connectivity index (χ0) is 15.5. The summed E-state index contributed by atoms with van der Waals surface area (Å²) in [5, 5.41) is 9.21. The Morgan fingerprint density at radius 2 is 1.90 bits per heavy atom. The van der Waals surface area contributed by atoms with E-state index in [0.717, 1.165) is 12.8 Å². The van der Waals surface area contributed by atoms with Gasteiger partial charge in [0.25, 0.3) is 5.91 Å². The van der Waals surface area contributed by atoms with E-state index in [9.17, 15) is 9.90 Å². The van der Waals surface area contributed by atoms with E-state index in [1.165, 1.54) is 19.3 Å². The Hall–Kier alpha value is -1.42. The molecule has 0 aromatic carbocycles. The third kappa shape index (κ3) is 6.71. The molecule has 118 valence electrons. The first kappa shape index (κ1) is 17.6. The summed E-state index contributed by atoms with van der Waals surface area (Å²) in [6.07, 6.45) is 9.62. The summed E-state index contributed by atoms with van der Waals surface area (Å²) in [5.41, 5.74) is 0. The zero-order valence-electron chi connectivity index (χ0n) is 13.4. The van der Waals surface area contributed by atoms with Gasteiger partial charge in [0.1, 0.15) is 0 Å². The Bertz CT molecular complexity index is 395. The van der Waals surface area contributed by atoms with Crippen LogP contribution in [0.15, 0.2) is 30.6 Å². The van der Waals surface area contributed by atoms with E-state index in [4.69, 9.17) is 0 Å². The summed E-state index contributed by atoms with van der Waals surface area (Å²) >= 11 is 0. The molecule has 0 aliphatic rings. The molecule has 1 atom stereocenters. The lowest BCUT2D eigenvalue weighted by atomic mass is 10.1. The number of carbonyl (C=O) groups excluding carboxylic acids is 1. The van der Waals surface area contributed by atoms with Crippen LogP contribution < -0.4 is 4.57 Å². The lowest BCUT2D eigenvalue weighted by Gasteiger charge is -2.27. The largest absolute Gasteiger partial charge is 0.395 e. The Labute approximate surface area is 128 Å². The van der Waals surface area contributed by atoms with Gasteiger partial charge in [-0.3, -0.25) is 4.79 Å². The van der Waals surface area contributed by atoms with Crippen molar-refractivity contribution >= 4 is 5.91 Å². The van der Waals surface area contributed by atoms with Crippen LogP contribution in [-0.4, -0.2) is 35.1 Å². The molecule has 4 nitrogen and oxygen atoms in total. The topological polar surface area (TPSA) is 44.4 Å². The van der Waals surface area contributed by atoms with Crippen LogP contribution in [0.25, 0.3) is 0 Å². The first-order valence-corrected chi connectivity index (χ1v) is 8.03. The molecule has 21 heavy (non-hydrogen) atoms. The molecule has 1 aromatic rings. The minimum atomic E-state index is 0.0183. The molecule has 1 amide bonds. The summed E-state index contributed by atoms with van der Waals surface area (Å²) in [5.74, 6) is 0.0724. The smallest absolute Gasteiger partial charge is 0.288 e. The van der Waals surface area contributed by atoms with Gasteiger partial charge in [0.15, 0.2) is 12.4 Å². The number of nitrogens with zero attached hydrogens (tertiary/aromatic N) is 2. The van der Waals surface area contributed by atoms with Crippen LogP contribution in [0.5, 0.6) is 0 Å². The highest BCUT2D eigenvalue weighted by atomic mass is 16.3. The summed E-state index contributed by atoms with van der Waals surface area (Å²) in [6, 6.07) is 5.95. The van der Waals surface area contributed by atoms with Crippen molar-refractivity contribution in [3.8, 4) is 0 Å². The van der Waals surface area contributed by atoms with Crippen molar-refractivity contribution in [3.05, 3.63) is 30.6 Å². The molecule has 0 bridgehead atoms. The molecular weight excluding hydrogens is 264 g/mol. The molecular formula is C17H29N2O2+. The summed E-state index contributed by atoms with van der Waals surface area (Å²) in [6.45, 7) is 5.04. The summed E-state index contributed by atoms with van der Waals surface area (Å²) < 4.78 is 1.87. The van der Waals surface area contributed by atoms with Crippen molar-refractivity contribution in [2.24, 2.45) is 0 Å². The molecule has 1 heterocycles. The number of carbonyl (C=O) groups is 1. The van der Waals surface area contributed by atoms with Crippen molar-refractivity contribution < 1.29 is 14.5 Å². The number of aliphatic hydroxyl groups excluding tert-OH is 1. The predicted molar refractivity (Wildman–Crippen MR) is 83.7 cm³/mol. The normalized spacial score (nSPS) is 12.1. The molecule has 1 N–H and O–H groups in total. The molecule has 0 saturated heterocycles. The average molecular weight is 293 g/mol. The van der Waals surface area contributed by atoms with E-state index in [1.54, 1.807) is 0 Å². The van der Waals surface area contributed by atoms with Gasteiger partial charge in [-0.15, -0.1) is 0 Å². The maximum Gasteiger partial charge on any atom is 0.288 e. The van der Waals surface area contributed by atoms with Crippen molar-refractivity contribution in [1.29, 1.82) is 0 Å². The highest BCUT2D eigenvalue weighted by Crippen LogP contribution is 2.11. The lowest BCUT2D eigenvalue weighted by Crippen LogP contribution is -2.48. The Kier molecular flexibility index (Phi) is 8.67. The number of hydrogen-bond donors (Lipinski definition) is 1. The molecule has 0 aliphatic heterocycles. The van der Waals surface area contributed by atoms with Gasteiger partial charge in [-0.05, 0) is 13.3 Å². The van der Waals surface area contributed by atoms with Gasteiger partial charge in [0.05, 0.1) is 6.61 Å². The van der Waals surface area contributed by atoms with Gasteiger partial charge >= 0.3 is 0 Å². The number of hydrogen-bond acceptors (Lipinski definition) is 2. The number of unbranched alkanes of at least 4 members (excludes halogenated alkanes) is 3. The van der Waals surface area contributed by atoms with Crippen molar-refractivity contribution in [3.63, 3.8) is 0 Å². The van der Waals surface area contributed by atoms with Crippen LogP contribution in [0.4, 0.5) is 0 Å². The van der Waals surface area contributed by atoms with Gasteiger partial charge in [0.2, 0.25) is 6.54 Å². The maximum absolute atomic E-state index is 12.4. The minimum absolute atomic E-state index is 0.0183. The van der Waals surface area contributed by atoms with Crippen LogP contribution in [0.2, 0.25) is 0 Å². The Morgan fingerprint density at radius 3 is 2.52 bits per heavy atom. The van der Waals surface area contributed by atoms with Crippen LogP contribution in [-0.2, 0) is 11.3 Å². The van der Waals surface area contributed by atoms with Crippen molar-refractivity contribution in [1.82, 2.24) is 4.90 Å². The number of pyridine rings is 1. The molecule has 0 fully saturated rings. The Morgan fingerprint density at radius 1 is 1.19 bits per heavy atom. The van der Waals surface area contributed by atoms with Gasteiger partial charge in [-0.2, -0.15) is 4.57 Å². The standard InChI is InChI=1S/C17H29N2O2/c1-3-4-5-7-10-16(2)19(13-14-20)17(21)15-18-11-8-6-9-12-18/h6,8-9,11-12,16,20H,3-5,7,10,13-15H2,1-2H3/q+1. The maximum atomic E-state index is 12.4. The van der Waals surface area contributed by atoms with Crippen LogP contribution in [0, 0.1) is 0 Å². The van der Waals surface area contributed by atoms with E-state index in [-0.39, 0.29) is 18.6 Å². The van der Waals surface area contributed by atoms with E-state index in [0.29, 0.717) is 13.1 Å². The van der Waals surface area contributed by atoms with Gasteiger partial charge < -0.3 is 10.0 Å². The predicted octanol–water partition coefficient (Wildman–Crippen LogP) is 2.15. The highest BCUT2D eigenvalue weighted by molar-refractivity contribution is 5.75. The first-order chi connectivity index (χ1) is 10.2. The molecule has 0 aliphatic carbocycles. The quantitative estimate of drug-likeness (QED) is 0.531. The van der Waals surface area contributed by atoms with Crippen molar-refractivity contribution in [2.75, 3.05) is 13.2 Å². The van der Waals surface area contributed by atoms with E-state index in [1.807, 2.05) is 40.1 Å². The molecule has 0 saturated carbocycles. The molecule has 1 unspecified atom stereocenters. The summed E-state index contributed by atoms with van der Waals surface area (Å²) in [7, 11) is 0. The number of aliphatic hydroxyl groups is 1. The molecule has 4 heteroatoms. The Balaban J connectivity index is 2.52. The average Bonchev–Trinajstić information content (AvgIpc) is 2.50. The van der Waals surface area contributed by atoms with Crippen LogP contribution in [0.1, 0.15) is 46.0 Å². The molecule has 1 rings (SSSR count). The van der Waals surface area contributed by atoms with Crippen LogP contribution in [0.3, 0.4) is 0 Å². The second-order valence-corrected chi connectivity index (χ2v) is 5.56. The van der Waals surface area contributed by atoms with Gasteiger partial charge in [-0.1, -0.05) is 38.7 Å². The second kappa shape index (κ2) is 10.3. The monoisotopic (exact) mass is 293 g/mol.